The molecule has 0 spiro atoms. The van der Waals surface area contributed by atoms with Gasteiger partial charge in [0.05, 0.1) is 11.7 Å². The third-order valence-corrected chi connectivity index (χ3v) is 3.06. The third kappa shape index (κ3) is 1.59. The van der Waals surface area contributed by atoms with Crippen LogP contribution in [0.15, 0.2) is 42.6 Å². The first-order valence-corrected chi connectivity index (χ1v) is 5.70. The number of fused-ring (bicyclic) bond motifs is 1. The Hall–Kier alpha value is -1.87. The summed E-state index contributed by atoms with van der Waals surface area (Å²) in [5.41, 5.74) is 3.20. The van der Waals surface area contributed by atoms with E-state index in [1.54, 1.807) is 6.20 Å². The minimum atomic E-state index is 0.445. The van der Waals surface area contributed by atoms with Crippen LogP contribution in [0.4, 0.5) is 0 Å². The summed E-state index contributed by atoms with van der Waals surface area (Å²) in [7, 11) is 0. The summed E-state index contributed by atoms with van der Waals surface area (Å²) in [5.74, 6) is 0. The first-order valence-electron chi connectivity index (χ1n) is 5.32. The first kappa shape index (κ1) is 10.3. The molecule has 0 saturated heterocycles. The van der Waals surface area contributed by atoms with E-state index in [-0.39, 0.29) is 0 Å². The standard InChI is InChI=1S/C13H10ClN3/c1-9-7-11-12(8-15-16-13(11)14)17(9)10-5-3-2-4-6-10/h2-8H,1H3. The fraction of sp³-hybridized carbons (Fsp3) is 0.0769. The van der Waals surface area contributed by atoms with E-state index in [2.05, 4.69) is 26.9 Å². The van der Waals surface area contributed by atoms with Crippen LogP contribution in [-0.4, -0.2) is 14.8 Å². The van der Waals surface area contributed by atoms with Crippen molar-refractivity contribution in [2.45, 2.75) is 6.92 Å². The van der Waals surface area contributed by atoms with Crippen LogP contribution in [0.5, 0.6) is 0 Å². The molecule has 1 aromatic carbocycles. The molecule has 3 rings (SSSR count). The molecule has 2 aromatic heterocycles. The number of rotatable bonds is 1. The monoisotopic (exact) mass is 243 g/mol. The highest BCUT2D eigenvalue weighted by Gasteiger charge is 2.10. The van der Waals surface area contributed by atoms with Gasteiger partial charge in [-0.05, 0) is 25.1 Å². The van der Waals surface area contributed by atoms with Crippen molar-refractivity contribution in [2.75, 3.05) is 0 Å². The SMILES string of the molecule is Cc1cc2c(Cl)nncc2n1-c1ccccc1. The second kappa shape index (κ2) is 3.86. The van der Waals surface area contributed by atoms with Gasteiger partial charge < -0.3 is 4.57 Å². The van der Waals surface area contributed by atoms with Gasteiger partial charge in [0.25, 0.3) is 0 Å². The Morgan fingerprint density at radius 1 is 1.18 bits per heavy atom. The molecule has 84 valence electrons. The maximum atomic E-state index is 6.04. The molecule has 4 heteroatoms. The van der Waals surface area contributed by atoms with Crippen molar-refractivity contribution >= 4 is 22.5 Å². The highest BCUT2D eigenvalue weighted by atomic mass is 35.5. The Balaban J connectivity index is 2.37. The molecule has 0 bridgehead atoms. The number of aryl methyl sites for hydroxylation is 1. The number of halogens is 1. The zero-order chi connectivity index (χ0) is 11.8. The molecule has 0 fully saturated rings. The van der Waals surface area contributed by atoms with Gasteiger partial charge in [0.2, 0.25) is 0 Å². The predicted octanol–water partition coefficient (Wildman–Crippen LogP) is 3.38. The highest BCUT2D eigenvalue weighted by Crippen LogP contribution is 2.26. The molecule has 2 heterocycles. The van der Waals surface area contributed by atoms with E-state index in [0.717, 1.165) is 22.3 Å². The molecule has 0 amide bonds. The van der Waals surface area contributed by atoms with Crippen LogP contribution >= 0.6 is 11.6 Å². The van der Waals surface area contributed by atoms with Gasteiger partial charge in [-0.25, -0.2) is 0 Å². The van der Waals surface area contributed by atoms with Gasteiger partial charge in [-0.15, -0.1) is 5.10 Å². The van der Waals surface area contributed by atoms with Crippen molar-refractivity contribution in [1.82, 2.24) is 14.8 Å². The molecule has 0 saturated carbocycles. The van der Waals surface area contributed by atoms with E-state index < -0.39 is 0 Å². The Bertz CT molecular complexity index is 674. The Morgan fingerprint density at radius 2 is 1.94 bits per heavy atom. The van der Waals surface area contributed by atoms with Gasteiger partial charge >= 0.3 is 0 Å². The Kier molecular flexibility index (Phi) is 2.34. The zero-order valence-electron chi connectivity index (χ0n) is 9.26. The molecule has 0 aliphatic rings. The lowest BCUT2D eigenvalue weighted by atomic mass is 10.3. The number of nitrogens with zero attached hydrogens (tertiary/aromatic N) is 3. The van der Waals surface area contributed by atoms with Crippen LogP contribution in [0.1, 0.15) is 5.69 Å². The molecule has 0 aliphatic heterocycles. The van der Waals surface area contributed by atoms with E-state index in [4.69, 9.17) is 11.6 Å². The fourth-order valence-corrected chi connectivity index (χ4v) is 2.25. The second-order valence-electron chi connectivity index (χ2n) is 3.89. The number of para-hydroxylation sites is 1. The van der Waals surface area contributed by atoms with Crippen molar-refractivity contribution in [3.05, 3.63) is 53.4 Å². The zero-order valence-corrected chi connectivity index (χ0v) is 10.0. The Labute approximate surface area is 104 Å². The number of hydrogen-bond acceptors (Lipinski definition) is 2. The quantitative estimate of drug-likeness (QED) is 0.656. The molecule has 3 aromatic rings. The normalized spacial score (nSPS) is 10.9. The molecule has 17 heavy (non-hydrogen) atoms. The van der Waals surface area contributed by atoms with Gasteiger partial charge in [-0.3, -0.25) is 0 Å². The van der Waals surface area contributed by atoms with Crippen LogP contribution in [-0.2, 0) is 0 Å². The largest absolute Gasteiger partial charge is 0.312 e. The van der Waals surface area contributed by atoms with Gasteiger partial charge in [-0.2, -0.15) is 5.10 Å². The maximum absolute atomic E-state index is 6.04. The van der Waals surface area contributed by atoms with E-state index in [0.29, 0.717) is 5.15 Å². The van der Waals surface area contributed by atoms with Crippen molar-refractivity contribution in [2.24, 2.45) is 0 Å². The molecule has 0 atom stereocenters. The van der Waals surface area contributed by atoms with Crippen LogP contribution in [0.25, 0.3) is 16.6 Å². The molecule has 0 radical (unpaired) electrons. The molecule has 0 aliphatic carbocycles. The number of benzene rings is 1. The number of aromatic nitrogens is 3. The molecule has 0 unspecified atom stereocenters. The van der Waals surface area contributed by atoms with Crippen LogP contribution in [0.2, 0.25) is 5.15 Å². The van der Waals surface area contributed by atoms with E-state index >= 15 is 0 Å². The van der Waals surface area contributed by atoms with Crippen molar-refractivity contribution in [3.63, 3.8) is 0 Å². The summed E-state index contributed by atoms with van der Waals surface area (Å²) in [4.78, 5) is 0. The van der Waals surface area contributed by atoms with E-state index in [1.165, 1.54) is 0 Å². The lowest BCUT2D eigenvalue weighted by Gasteiger charge is -2.07. The molecular weight excluding hydrogens is 234 g/mol. The predicted molar refractivity (Wildman–Crippen MR) is 68.6 cm³/mol. The van der Waals surface area contributed by atoms with Crippen molar-refractivity contribution in [1.29, 1.82) is 0 Å². The summed E-state index contributed by atoms with van der Waals surface area (Å²) in [5, 5.41) is 9.14. The topological polar surface area (TPSA) is 30.7 Å². The first-order chi connectivity index (χ1) is 8.27. The van der Waals surface area contributed by atoms with Gasteiger partial charge in [0.15, 0.2) is 5.15 Å². The average Bonchev–Trinajstić information content (AvgIpc) is 2.68. The minimum Gasteiger partial charge on any atom is -0.312 e. The van der Waals surface area contributed by atoms with Crippen molar-refractivity contribution in [3.8, 4) is 5.69 Å². The van der Waals surface area contributed by atoms with Crippen molar-refractivity contribution < 1.29 is 0 Å². The molecule has 3 nitrogen and oxygen atoms in total. The van der Waals surface area contributed by atoms with Crippen LogP contribution in [0, 0.1) is 6.92 Å². The van der Waals surface area contributed by atoms with Crippen LogP contribution < -0.4 is 0 Å². The fourth-order valence-electron chi connectivity index (χ4n) is 2.06. The summed E-state index contributed by atoms with van der Waals surface area (Å²) < 4.78 is 2.12. The minimum absolute atomic E-state index is 0.445. The average molecular weight is 244 g/mol. The lowest BCUT2D eigenvalue weighted by molar-refractivity contribution is 1.01. The summed E-state index contributed by atoms with van der Waals surface area (Å²) in [6.07, 6.45) is 1.74. The maximum Gasteiger partial charge on any atom is 0.161 e. The lowest BCUT2D eigenvalue weighted by Crippen LogP contribution is -1.96. The smallest absolute Gasteiger partial charge is 0.161 e. The van der Waals surface area contributed by atoms with Gasteiger partial charge in [0.1, 0.15) is 0 Å². The second-order valence-corrected chi connectivity index (χ2v) is 4.25. The summed E-state index contributed by atoms with van der Waals surface area (Å²) in [6.45, 7) is 2.04. The van der Waals surface area contributed by atoms with Crippen LogP contribution in [0.3, 0.4) is 0 Å². The molecule has 0 N–H and O–H groups in total. The Morgan fingerprint density at radius 3 is 2.71 bits per heavy atom. The third-order valence-electron chi connectivity index (χ3n) is 2.78. The van der Waals surface area contributed by atoms with E-state index in [1.807, 2.05) is 31.2 Å². The summed E-state index contributed by atoms with van der Waals surface area (Å²) in [6, 6.07) is 12.2. The summed E-state index contributed by atoms with van der Waals surface area (Å²) >= 11 is 6.04. The van der Waals surface area contributed by atoms with Gasteiger partial charge in [0, 0.05) is 16.8 Å². The van der Waals surface area contributed by atoms with E-state index in [9.17, 15) is 0 Å². The highest BCUT2D eigenvalue weighted by molar-refractivity contribution is 6.34. The van der Waals surface area contributed by atoms with Gasteiger partial charge in [-0.1, -0.05) is 29.8 Å². The molecular formula is C13H10ClN3. The number of hydrogen-bond donors (Lipinski definition) is 0.